The van der Waals surface area contributed by atoms with Crippen molar-refractivity contribution in [3.05, 3.63) is 117 Å². The zero-order valence-electron chi connectivity index (χ0n) is 23.7. The number of aromatic nitrogens is 5. The Balaban J connectivity index is 1.51. The van der Waals surface area contributed by atoms with Crippen LogP contribution in [0.2, 0.25) is 0 Å². The Morgan fingerprint density at radius 1 is 0.951 bits per heavy atom. The number of nitrogens with one attached hydrogen (secondary N) is 1. The number of hydrogen-bond acceptors (Lipinski definition) is 6. The number of H-pyrrole nitrogens is 1. The molecule has 2 heterocycles. The van der Waals surface area contributed by atoms with E-state index >= 15 is 0 Å². The van der Waals surface area contributed by atoms with Crippen LogP contribution in [0.25, 0.3) is 10.9 Å². The number of pyridine rings is 1. The van der Waals surface area contributed by atoms with Crippen molar-refractivity contribution < 1.29 is 4.74 Å². The van der Waals surface area contributed by atoms with Crippen molar-refractivity contribution in [3.8, 4) is 5.75 Å². The van der Waals surface area contributed by atoms with E-state index in [1.54, 1.807) is 7.11 Å². The summed E-state index contributed by atoms with van der Waals surface area (Å²) in [4.78, 5) is 19.4. The van der Waals surface area contributed by atoms with Crippen molar-refractivity contribution >= 4 is 10.9 Å². The van der Waals surface area contributed by atoms with Gasteiger partial charge in [0.1, 0.15) is 11.8 Å². The summed E-state index contributed by atoms with van der Waals surface area (Å²) in [6, 6.07) is 26.4. The summed E-state index contributed by atoms with van der Waals surface area (Å²) in [6.45, 7) is 3.23. The highest BCUT2D eigenvalue weighted by Crippen LogP contribution is 2.34. The van der Waals surface area contributed by atoms with Gasteiger partial charge in [0.2, 0.25) is 0 Å². The summed E-state index contributed by atoms with van der Waals surface area (Å²) >= 11 is 0. The number of ether oxygens (including phenoxy) is 1. The molecule has 3 aromatic carbocycles. The van der Waals surface area contributed by atoms with Crippen LogP contribution in [0, 0.1) is 6.92 Å². The molecule has 0 radical (unpaired) electrons. The van der Waals surface area contributed by atoms with Crippen molar-refractivity contribution in [3.63, 3.8) is 0 Å². The van der Waals surface area contributed by atoms with Crippen molar-refractivity contribution in [2.45, 2.75) is 64.2 Å². The van der Waals surface area contributed by atoms with Gasteiger partial charge in [-0.1, -0.05) is 73.9 Å². The fourth-order valence-corrected chi connectivity index (χ4v) is 6.02. The van der Waals surface area contributed by atoms with E-state index in [0.717, 1.165) is 59.0 Å². The summed E-state index contributed by atoms with van der Waals surface area (Å²) in [5.41, 5.74) is 4.70. The standard InChI is InChI=1S/C33H36N6O2/c1-23-13-16-26-20-29(33(40)34-30(26)19-23)31(32-35-36-37-39(32)27-11-7-4-8-12-27)38(21-24-9-5-3-6-10-24)22-25-14-17-28(41-2)18-15-25/h3,5-6,9-10,13-20,27,31H,4,7-8,11-12,21-22H2,1-2H3,(H,34,40)/t31-/m0/s1. The van der Waals surface area contributed by atoms with Gasteiger partial charge >= 0.3 is 0 Å². The van der Waals surface area contributed by atoms with Gasteiger partial charge in [0.25, 0.3) is 5.56 Å². The molecule has 1 aliphatic carbocycles. The first kappa shape index (κ1) is 26.9. The van der Waals surface area contributed by atoms with E-state index in [2.05, 4.69) is 61.8 Å². The highest BCUT2D eigenvalue weighted by atomic mass is 16.5. The molecule has 6 rings (SSSR count). The van der Waals surface area contributed by atoms with Crippen molar-refractivity contribution in [2.75, 3.05) is 7.11 Å². The number of nitrogens with zero attached hydrogens (tertiary/aromatic N) is 5. The largest absolute Gasteiger partial charge is 0.497 e. The van der Waals surface area contributed by atoms with Crippen LogP contribution in [0.15, 0.2) is 83.7 Å². The minimum atomic E-state index is -0.469. The Bertz CT molecular complexity index is 1660. The Morgan fingerprint density at radius 2 is 1.68 bits per heavy atom. The molecular weight excluding hydrogens is 512 g/mol. The molecule has 0 spiro atoms. The first-order chi connectivity index (χ1) is 20.1. The van der Waals surface area contributed by atoms with E-state index in [9.17, 15) is 4.79 Å². The molecule has 8 heteroatoms. The Hall–Kier alpha value is -4.30. The predicted molar refractivity (Wildman–Crippen MR) is 160 cm³/mol. The number of aryl methyl sites for hydroxylation is 1. The average Bonchev–Trinajstić information content (AvgIpc) is 3.48. The number of methoxy groups -OCH3 is 1. The van der Waals surface area contributed by atoms with Gasteiger partial charge in [0, 0.05) is 24.2 Å². The van der Waals surface area contributed by atoms with E-state index in [-0.39, 0.29) is 11.6 Å². The van der Waals surface area contributed by atoms with Gasteiger partial charge in [-0.3, -0.25) is 9.69 Å². The lowest BCUT2D eigenvalue weighted by Gasteiger charge is -2.33. The van der Waals surface area contributed by atoms with Gasteiger partial charge in [0.05, 0.1) is 13.2 Å². The quantitative estimate of drug-likeness (QED) is 0.238. The molecule has 0 unspecified atom stereocenters. The lowest BCUT2D eigenvalue weighted by Crippen LogP contribution is -2.35. The maximum Gasteiger partial charge on any atom is 0.253 e. The lowest BCUT2D eigenvalue weighted by atomic mass is 9.95. The number of hydrogen-bond donors (Lipinski definition) is 1. The second kappa shape index (κ2) is 12.1. The van der Waals surface area contributed by atoms with E-state index in [1.165, 1.54) is 6.42 Å². The first-order valence-corrected chi connectivity index (χ1v) is 14.4. The zero-order valence-corrected chi connectivity index (χ0v) is 23.7. The van der Waals surface area contributed by atoms with Crippen LogP contribution in [0.1, 0.15) is 72.3 Å². The third-order valence-corrected chi connectivity index (χ3v) is 8.15. The molecule has 210 valence electrons. The molecule has 2 aromatic heterocycles. The van der Waals surface area contributed by atoms with Crippen LogP contribution in [-0.2, 0) is 13.1 Å². The Kier molecular flexibility index (Phi) is 7.91. The summed E-state index contributed by atoms with van der Waals surface area (Å²) in [7, 11) is 1.67. The molecular formula is C33H36N6O2. The molecule has 1 atom stereocenters. The van der Waals surface area contributed by atoms with Crippen molar-refractivity contribution in [1.29, 1.82) is 0 Å². The predicted octanol–water partition coefficient (Wildman–Crippen LogP) is 6.13. The molecule has 0 amide bonds. The number of tetrazole rings is 1. The molecule has 0 aliphatic heterocycles. The maximum atomic E-state index is 13.9. The number of benzene rings is 3. The molecule has 1 fully saturated rings. The second-order valence-electron chi connectivity index (χ2n) is 11.1. The summed E-state index contributed by atoms with van der Waals surface area (Å²) in [5.74, 6) is 1.51. The maximum absolute atomic E-state index is 13.9. The minimum absolute atomic E-state index is 0.126. The van der Waals surface area contributed by atoms with E-state index in [0.29, 0.717) is 24.5 Å². The summed E-state index contributed by atoms with van der Waals surface area (Å²) in [5, 5.41) is 14.3. The molecule has 1 aliphatic rings. The molecule has 1 saturated carbocycles. The SMILES string of the molecule is COc1ccc(CN(Cc2ccccc2)[C@@H](c2cc3ccc(C)cc3[nH]c2=O)c2nnnn2C2CCCCC2)cc1. The van der Waals surface area contributed by atoms with E-state index < -0.39 is 6.04 Å². The van der Waals surface area contributed by atoms with Crippen LogP contribution in [0.3, 0.4) is 0 Å². The van der Waals surface area contributed by atoms with Gasteiger partial charge < -0.3 is 9.72 Å². The number of rotatable bonds is 9. The topological polar surface area (TPSA) is 88.9 Å². The smallest absolute Gasteiger partial charge is 0.253 e. The molecule has 41 heavy (non-hydrogen) atoms. The Labute approximate surface area is 240 Å². The molecule has 0 saturated heterocycles. The van der Waals surface area contributed by atoms with Crippen LogP contribution in [-0.4, -0.2) is 37.2 Å². The molecule has 0 bridgehead atoms. The van der Waals surface area contributed by atoms with Crippen LogP contribution in [0.5, 0.6) is 5.75 Å². The van der Waals surface area contributed by atoms with Crippen LogP contribution < -0.4 is 10.3 Å². The first-order valence-electron chi connectivity index (χ1n) is 14.4. The van der Waals surface area contributed by atoms with Gasteiger partial charge in [-0.25, -0.2) is 4.68 Å². The van der Waals surface area contributed by atoms with Gasteiger partial charge in [-0.15, -0.1) is 5.10 Å². The average molecular weight is 549 g/mol. The van der Waals surface area contributed by atoms with Gasteiger partial charge in [0.15, 0.2) is 5.82 Å². The third-order valence-electron chi connectivity index (χ3n) is 8.15. The highest BCUT2D eigenvalue weighted by molar-refractivity contribution is 5.79. The zero-order chi connectivity index (χ0) is 28.2. The fourth-order valence-electron chi connectivity index (χ4n) is 6.02. The molecule has 1 N–H and O–H groups in total. The van der Waals surface area contributed by atoms with E-state index in [1.807, 2.05) is 54.1 Å². The monoisotopic (exact) mass is 548 g/mol. The summed E-state index contributed by atoms with van der Waals surface area (Å²) in [6.07, 6.45) is 5.62. The highest BCUT2D eigenvalue weighted by Gasteiger charge is 2.33. The molecule has 8 nitrogen and oxygen atoms in total. The van der Waals surface area contributed by atoms with Crippen molar-refractivity contribution in [1.82, 2.24) is 30.1 Å². The van der Waals surface area contributed by atoms with E-state index in [4.69, 9.17) is 4.74 Å². The lowest BCUT2D eigenvalue weighted by molar-refractivity contribution is 0.186. The normalized spacial score (nSPS) is 14.9. The van der Waals surface area contributed by atoms with Gasteiger partial charge in [-0.05, 0) is 76.5 Å². The number of aromatic amines is 1. The van der Waals surface area contributed by atoms with Crippen molar-refractivity contribution in [2.24, 2.45) is 0 Å². The fraction of sp³-hybridized carbons (Fsp3) is 0.333. The second-order valence-corrected chi connectivity index (χ2v) is 11.1. The van der Waals surface area contributed by atoms with Gasteiger partial charge in [-0.2, -0.15) is 0 Å². The molecule has 5 aromatic rings. The number of fused-ring (bicyclic) bond motifs is 1. The third kappa shape index (κ3) is 5.93. The van der Waals surface area contributed by atoms with Crippen LogP contribution >= 0.6 is 0 Å². The van der Waals surface area contributed by atoms with Crippen LogP contribution in [0.4, 0.5) is 0 Å². The summed E-state index contributed by atoms with van der Waals surface area (Å²) < 4.78 is 7.40. The Morgan fingerprint density at radius 3 is 2.41 bits per heavy atom. The minimum Gasteiger partial charge on any atom is -0.497 e.